The van der Waals surface area contributed by atoms with Crippen LogP contribution in [0.25, 0.3) is 0 Å². The predicted molar refractivity (Wildman–Crippen MR) is 72.6 cm³/mol. The third kappa shape index (κ3) is 5.90. The second-order valence-electron chi connectivity index (χ2n) is 5.03. The molecule has 1 aliphatic rings. The molecule has 0 atom stereocenters. The van der Waals surface area contributed by atoms with E-state index in [1.165, 1.54) is 19.4 Å². The van der Waals surface area contributed by atoms with Crippen LogP contribution in [0.1, 0.15) is 58.8 Å². The van der Waals surface area contributed by atoms with Crippen LogP contribution in [0.4, 0.5) is 0 Å². The summed E-state index contributed by atoms with van der Waals surface area (Å²) in [5, 5.41) is 0. The van der Waals surface area contributed by atoms with Gasteiger partial charge >= 0.3 is 11.9 Å². The fraction of sp³-hybridized carbons (Fsp3) is 0.733. The molecule has 0 spiro atoms. The van der Waals surface area contributed by atoms with Crippen LogP contribution in [0.3, 0.4) is 0 Å². The van der Waals surface area contributed by atoms with Crippen LogP contribution < -0.4 is 0 Å². The van der Waals surface area contributed by atoms with Gasteiger partial charge in [0.1, 0.15) is 5.60 Å². The number of hydrogen-bond donors (Lipinski definition) is 0. The van der Waals surface area contributed by atoms with E-state index >= 15 is 0 Å². The summed E-state index contributed by atoms with van der Waals surface area (Å²) < 4.78 is 10.4. The average Bonchev–Trinajstić information content (AvgIpc) is 2.35. The molecule has 19 heavy (non-hydrogen) atoms. The van der Waals surface area contributed by atoms with Crippen molar-refractivity contribution in [1.82, 2.24) is 0 Å². The van der Waals surface area contributed by atoms with Gasteiger partial charge in [0.2, 0.25) is 0 Å². The first-order valence-electron chi connectivity index (χ1n) is 7.11. The summed E-state index contributed by atoms with van der Waals surface area (Å²) in [7, 11) is 0. The molecule has 0 heterocycles. The van der Waals surface area contributed by atoms with Gasteiger partial charge in [-0.2, -0.15) is 0 Å². The third-order valence-electron chi connectivity index (χ3n) is 3.43. The number of ether oxygens (including phenoxy) is 2. The minimum atomic E-state index is -0.316. The molecule has 108 valence electrons. The molecule has 0 aliphatic heterocycles. The first kappa shape index (κ1) is 15.7. The van der Waals surface area contributed by atoms with Gasteiger partial charge in [-0.15, -0.1) is 0 Å². The van der Waals surface area contributed by atoms with Gasteiger partial charge in [0.05, 0.1) is 6.61 Å². The molecule has 1 saturated carbocycles. The number of hydrogen-bond acceptors (Lipinski definition) is 4. The molecule has 0 aromatic heterocycles. The van der Waals surface area contributed by atoms with Crippen LogP contribution >= 0.6 is 0 Å². The van der Waals surface area contributed by atoms with Crippen LogP contribution in [0.15, 0.2) is 12.2 Å². The van der Waals surface area contributed by atoms with Crippen molar-refractivity contribution in [2.45, 2.75) is 64.4 Å². The minimum absolute atomic E-state index is 0.212. The summed E-state index contributed by atoms with van der Waals surface area (Å²) in [6.45, 7) is 3.63. The van der Waals surface area contributed by atoms with Crippen molar-refractivity contribution in [3.63, 3.8) is 0 Å². The summed E-state index contributed by atoms with van der Waals surface area (Å²) in [6.07, 6.45) is 10.0. The van der Waals surface area contributed by atoms with E-state index in [9.17, 15) is 9.59 Å². The lowest BCUT2D eigenvalue weighted by Gasteiger charge is -2.36. The fourth-order valence-corrected chi connectivity index (χ4v) is 2.62. The molecule has 0 bridgehead atoms. The first-order chi connectivity index (χ1) is 9.08. The highest BCUT2D eigenvalue weighted by molar-refractivity contribution is 5.81. The van der Waals surface area contributed by atoms with E-state index in [-0.39, 0.29) is 17.5 Å². The number of carbonyl (C=O) groups excluding carboxylic acids is 2. The zero-order valence-corrected chi connectivity index (χ0v) is 11.9. The number of allylic oxidation sites excluding steroid dienone is 1. The van der Waals surface area contributed by atoms with Gasteiger partial charge in [-0.1, -0.05) is 12.5 Å². The molecule has 1 rings (SSSR count). The van der Waals surface area contributed by atoms with Crippen LogP contribution in [-0.2, 0) is 19.1 Å². The van der Waals surface area contributed by atoms with E-state index in [2.05, 4.69) is 0 Å². The zero-order chi connectivity index (χ0) is 14.1. The Morgan fingerprint density at radius 1 is 1.21 bits per heavy atom. The molecule has 0 radical (unpaired) electrons. The highest BCUT2D eigenvalue weighted by atomic mass is 16.6. The number of esters is 2. The van der Waals surface area contributed by atoms with Gasteiger partial charge < -0.3 is 9.47 Å². The Kier molecular flexibility index (Phi) is 6.60. The van der Waals surface area contributed by atoms with Crippen LogP contribution in [-0.4, -0.2) is 24.1 Å². The topological polar surface area (TPSA) is 52.6 Å². The van der Waals surface area contributed by atoms with Crippen molar-refractivity contribution in [3.8, 4) is 0 Å². The Morgan fingerprint density at radius 3 is 2.47 bits per heavy atom. The molecule has 4 heteroatoms. The summed E-state index contributed by atoms with van der Waals surface area (Å²) in [6, 6.07) is 0. The Labute approximate surface area is 115 Å². The Morgan fingerprint density at radius 2 is 1.89 bits per heavy atom. The molecule has 0 N–H and O–H groups in total. The fourth-order valence-electron chi connectivity index (χ4n) is 2.62. The average molecular weight is 268 g/mol. The van der Waals surface area contributed by atoms with Crippen molar-refractivity contribution >= 4 is 11.9 Å². The lowest BCUT2D eigenvalue weighted by atomic mass is 9.81. The quantitative estimate of drug-likeness (QED) is 0.548. The van der Waals surface area contributed by atoms with E-state index < -0.39 is 0 Å². The maximum Gasteiger partial charge on any atom is 0.330 e. The van der Waals surface area contributed by atoms with E-state index in [0.717, 1.165) is 38.5 Å². The molecule has 0 aromatic rings. The summed E-state index contributed by atoms with van der Waals surface area (Å²) >= 11 is 0. The Balaban J connectivity index is 2.45. The van der Waals surface area contributed by atoms with Crippen molar-refractivity contribution in [2.24, 2.45) is 0 Å². The molecule has 0 saturated heterocycles. The molecule has 1 aliphatic carbocycles. The van der Waals surface area contributed by atoms with Crippen molar-refractivity contribution in [2.75, 3.05) is 6.61 Å². The monoisotopic (exact) mass is 268 g/mol. The lowest BCUT2D eigenvalue weighted by molar-refractivity contribution is -0.161. The lowest BCUT2D eigenvalue weighted by Crippen LogP contribution is -2.36. The van der Waals surface area contributed by atoms with Gasteiger partial charge in [0, 0.05) is 13.0 Å². The predicted octanol–water partition coefficient (Wildman–Crippen LogP) is 3.15. The van der Waals surface area contributed by atoms with Gasteiger partial charge in [0.25, 0.3) is 0 Å². The van der Waals surface area contributed by atoms with E-state index in [1.54, 1.807) is 13.0 Å². The van der Waals surface area contributed by atoms with E-state index in [0.29, 0.717) is 6.61 Å². The number of rotatable bonds is 6. The summed E-state index contributed by atoms with van der Waals surface area (Å²) in [5.41, 5.74) is -0.316. The molecule has 0 unspecified atom stereocenters. The van der Waals surface area contributed by atoms with E-state index in [4.69, 9.17) is 9.47 Å². The standard InChI is InChI=1S/C15H24O4/c1-3-18-14(17)9-5-8-12-15(19-13(2)16)10-6-4-7-11-15/h5,9H,3-4,6-8,10-12H2,1-2H3/b9-5+. The van der Waals surface area contributed by atoms with Gasteiger partial charge in [-0.3, -0.25) is 4.79 Å². The molecule has 0 aromatic carbocycles. The van der Waals surface area contributed by atoms with Gasteiger partial charge in [0.15, 0.2) is 0 Å². The molecular weight excluding hydrogens is 244 g/mol. The number of carbonyl (C=O) groups is 2. The maximum absolute atomic E-state index is 11.2. The van der Waals surface area contributed by atoms with Crippen molar-refractivity contribution in [3.05, 3.63) is 12.2 Å². The van der Waals surface area contributed by atoms with E-state index in [1.807, 2.05) is 0 Å². The molecular formula is C15H24O4. The summed E-state index contributed by atoms with van der Waals surface area (Å²) in [5.74, 6) is -0.524. The second kappa shape index (κ2) is 7.97. The molecule has 0 amide bonds. The highest BCUT2D eigenvalue weighted by Gasteiger charge is 2.34. The van der Waals surface area contributed by atoms with Crippen LogP contribution in [0.2, 0.25) is 0 Å². The van der Waals surface area contributed by atoms with Crippen LogP contribution in [0.5, 0.6) is 0 Å². The normalized spacial score (nSPS) is 18.2. The Bertz CT molecular complexity index is 327. The minimum Gasteiger partial charge on any atom is -0.463 e. The van der Waals surface area contributed by atoms with Gasteiger partial charge in [-0.05, 0) is 45.4 Å². The second-order valence-corrected chi connectivity index (χ2v) is 5.03. The van der Waals surface area contributed by atoms with Crippen molar-refractivity contribution in [1.29, 1.82) is 0 Å². The first-order valence-corrected chi connectivity index (χ1v) is 7.11. The molecule has 4 nitrogen and oxygen atoms in total. The van der Waals surface area contributed by atoms with Crippen molar-refractivity contribution < 1.29 is 19.1 Å². The summed E-state index contributed by atoms with van der Waals surface area (Å²) in [4.78, 5) is 22.4. The zero-order valence-electron chi connectivity index (χ0n) is 11.9. The third-order valence-corrected chi connectivity index (χ3v) is 3.43. The smallest absolute Gasteiger partial charge is 0.330 e. The van der Waals surface area contributed by atoms with Gasteiger partial charge in [-0.25, -0.2) is 4.79 Å². The van der Waals surface area contributed by atoms with Crippen LogP contribution in [0, 0.1) is 0 Å². The molecule has 1 fully saturated rings. The maximum atomic E-state index is 11.2. The highest BCUT2D eigenvalue weighted by Crippen LogP contribution is 2.35. The SMILES string of the molecule is CCOC(=O)/C=C/CCC1(OC(C)=O)CCCCC1. The Hall–Kier alpha value is -1.32. The largest absolute Gasteiger partial charge is 0.463 e.